The maximum Gasteiger partial charge on any atom is 0.234 e. The molecule has 24 heavy (non-hydrogen) atoms. The van der Waals surface area contributed by atoms with E-state index in [1.54, 1.807) is 0 Å². The van der Waals surface area contributed by atoms with E-state index in [-0.39, 0.29) is 11.9 Å². The Hall–Kier alpha value is -1.98. The number of ether oxygens (including phenoxy) is 1. The van der Waals surface area contributed by atoms with Crippen LogP contribution in [-0.2, 0) is 16.0 Å². The van der Waals surface area contributed by atoms with Crippen LogP contribution < -0.4 is 10.6 Å². The van der Waals surface area contributed by atoms with Crippen LogP contribution in [0, 0.1) is 5.92 Å². The van der Waals surface area contributed by atoms with Gasteiger partial charge in [-0.1, -0.05) is 18.2 Å². The minimum Gasteiger partial charge on any atom is -0.379 e. The van der Waals surface area contributed by atoms with E-state index < -0.39 is 0 Å². The van der Waals surface area contributed by atoms with Gasteiger partial charge in [-0.05, 0) is 37.0 Å². The summed E-state index contributed by atoms with van der Waals surface area (Å²) in [5.74, 6) is 0.377. The van der Waals surface area contributed by atoms with Crippen LogP contribution >= 0.6 is 0 Å². The molecule has 126 valence electrons. The molecule has 2 atom stereocenters. The van der Waals surface area contributed by atoms with Gasteiger partial charge in [0, 0.05) is 23.5 Å². The van der Waals surface area contributed by atoms with Crippen LogP contribution in [0.4, 0.5) is 0 Å². The molecule has 2 fully saturated rings. The minimum atomic E-state index is 0.0713. The minimum absolute atomic E-state index is 0.0713. The normalized spacial score (nSPS) is 23.5. The first-order valence-electron chi connectivity index (χ1n) is 8.73. The Morgan fingerprint density at radius 2 is 2.08 bits per heavy atom. The van der Waals surface area contributed by atoms with Gasteiger partial charge in [-0.15, -0.1) is 0 Å². The summed E-state index contributed by atoms with van der Waals surface area (Å²) >= 11 is 0. The molecule has 1 saturated carbocycles. The van der Waals surface area contributed by atoms with Gasteiger partial charge in [0.1, 0.15) is 0 Å². The number of nitrogens with one attached hydrogen (secondary N) is 2. The number of benzene rings is 1. The number of carbonyl (C=O) groups is 1. The van der Waals surface area contributed by atoms with Crippen molar-refractivity contribution in [1.29, 1.82) is 0 Å². The van der Waals surface area contributed by atoms with Crippen LogP contribution in [0.15, 0.2) is 36.5 Å². The Kier molecular flexibility index (Phi) is 4.45. The fourth-order valence-electron chi connectivity index (χ4n) is 3.36. The van der Waals surface area contributed by atoms with E-state index in [1.165, 1.54) is 23.8 Å². The van der Waals surface area contributed by atoms with Crippen LogP contribution in [-0.4, -0.2) is 42.7 Å². The van der Waals surface area contributed by atoms with E-state index in [1.807, 2.05) is 24.4 Å². The molecule has 1 aromatic carbocycles. The lowest BCUT2D eigenvalue weighted by Crippen LogP contribution is -2.44. The van der Waals surface area contributed by atoms with Crippen molar-refractivity contribution in [3.05, 3.63) is 42.1 Å². The molecular weight excluding hydrogens is 302 g/mol. The third-order valence-corrected chi connectivity index (χ3v) is 4.89. The number of rotatable bonds is 6. The Balaban J connectivity index is 1.41. The topological polar surface area (TPSA) is 63.2 Å². The van der Waals surface area contributed by atoms with Crippen molar-refractivity contribution in [2.75, 3.05) is 19.8 Å². The molecule has 0 spiro atoms. The van der Waals surface area contributed by atoms with Crippen molar-refractivity contribution in [2.24, 2.45) is 5.92 Å². The first-order chi connectivity index (χ1) is 11.8. The average Bonchev–Trinajstić information content (AvgIpc) is 3.34. The van der Waals surface area contributed by atoms with Crippen LogP contribution in [0.2, 0.25) is 0 Å². The van der Waals surface area contributed by atoms with Crippen LogP contribution in [0.1, 0.15) is 18.4 Å². The number of carbonyl (C=O) groups excluding carboxylic acids is 1. The number of nitrogens with zero attached hydrogens (tertiary/aromatic N) is 1. The number of hydrogen-bond donors (Lipinski definition) is 2. The predicted octanol–water partition coefficient (Wildman–Crippen LogP) is 1.66. The van der Waals surface area contributed by atoms with E-state index >= 15 is 0 Å². The molecule has 5 nitrogen and oxygen atoms in total. The first kappa shape index (κ1) is 15.5. The Bertz CT molecular complexity index is 724. The second-order valence-corrected chi connectivity index (χ2v) is 6.82. The quantitative estimate of drug-likeness (QED) is 0.848. The first-order valence-corrected chi connectivity index (χ1v) is 8.73. The number of amides is 1. The van der Waals surface area contributed by atoms with Crippen molar-refractivity contribution >= 4 is 16.8 Å². The highest BCUT2D eigenvalue weighted by atomic mass is 16.5. The van der Waals surface area contributed by atoms with E-state index in [9.17, 15) is 4.79 Å². The molecule has 0 radical (unpaired) electrons. The van der Waals surface area contributed by atoms with Crippen molar-refractivity contribution < 1.29 is 9.53 Å². The highest BCUT2D eigenvalue weighted by molar-refractivity contribution is 5.82. The SMILES string of the molecule is O=C(CNC1CC1)N[C@H]1COC[C@H]1Cc1ccnc2ccccc12. The van der Waals surface area contributed by atoms with Crippen molar-refractivity contribution in [1.82, 2.24) is 15.6 Å². The van der Waals surface area contributed by atoms with Crippen LogP contribution in [0.25, 0.3) is 10.9 Å². The molecule has 1 aliphatic carbocycles. The van der Waals surface area contributed by atoms with Gasteiger partial charge in [0.25, 0.3) is 0 Å². The van der Waals surface area contributed by atoms with Crippen LogP contribution in [0.3, 0.4) is 0 Å². The number of hydrogen-bond acceptors (Lipinski definition) is 4. The lowest BCUT2D eigenvalue weighted by Gasteiger charge is -2.20. The average molecular weight is 325 g/mol. The third kappa shape index (κ3) is 3.57. The molecule has 2 aromatic rings. The molecule has 2 heterocycles. The van der Waals surface area contributed by atoms with Crippen molar-refractivity contribution in [3.8, 4) is 0 Å². The highest BCUT2D eigenvalue weighted by Gasteiger charge is 2.30. The van der Waals surface area contributed by atoms with Gasteiger partial charge in [-0.3, -0.25) is 9.78 Å². The Morgan fingerprint density at radius 3 is 2.96 bits per heavy atom. The molecule has 1 saturated heterocycles. The summed E-state index contributed by atoms with van der Waals surface area (Å²) < 4.78 is 5.64. The lowest BCUT2D eigenvalue weighted by atomic mass is 9.93. The number of pyridine rings is 1. The number of fused-ring (bicyclic) bond motifs is 1. The summed E-state index contributed by atoms with van der Waals surface area (Å²) in [5.41, 5.74) is 2.29. The second kappa shape index (κ2) is 6.87. The molecule has 1 aromatic heterocycles. The molecule has 1 aliphatic heterocycles. The molecule has 1 amide bonds. The van der Waals surface area contributed by atoms with E-state index in [2.05, 4.69) is 27.8 Å². The number of aromatic nitrogens is 1. The van der Waals surface area contributed by atoms with E-state index in [0.29, 0.717) is 31.7 Å². The summed E-state index contributed by atoms with van der Waals surface area (Å²) in [6.07, 6.45) is 5.14. The van der Waals surface area contributed by atoms with Gasteiger partial charge < -0.3 is 15.4 Å². The molecule has 5 heteroatoms. The van der Waals surface area contributed by atoms with E-state index in [4.69, 9.17) is 4.74 Å². The smallest absolute Gasteiger partial charge is 0.234 e. The third-order valence-electron chi connectivity index (χ3n) is 4.89. The van der Waals surface area contributed by atoms with Gasteiger partial charge in [0.2, 0.25) is 5.91 Å². The molecule has 2 N–H and O–H groups in total. The molecule has 0 bridgehead atoms. The maximum atomic E-state index is 12.1. The van der Waals surface area contributed by atoms with E-state index in [0.717, 1.165) is 11.9 Å². The summed E-state index contributed by atoms with van der Waals surface area (Å²) in [6.45, 7) is 1.70. The summed E-state index contributed by atoms with van der Waals surface area (Å²) in [5, 5.41) is 7.58. The maximum absolute atomic E-state index is 12.1. The highest BCUT2D eigenvalue weighted by Crippen LogP contribution is 2.24. The zero-order valence-electron chi connectivity index (χ0n) is 13.7. The summed E-state index contributed by atoms with van der Waals surface area (Å²) in [7, 11) is 0. The lowest BCUT2D eigenvalue weighted by molar-refractivity contribution is -0.121. The molecule has 0 unspecified atom stereocenters. The van der Waals surface area contributed by atoms with Crippen molar-refractivity contribution in [3.63, 3.8) is 0 Å². The van der Waals surface area contributed by atoms with Crippen molar-refractivity contribution in [2.45, 2.75) is 31.3 Å². The molecule has 2 aliphatic rings. The largest absolute Gasteiger partial charge is 0.379 e. The van der Waals surface area contributed by atoms with Gasteiger partial charge in [0.05, 0.1) is 31.3 Å². The standard InChI is InChI=1S/C19H23N3O2/c23-19(10-21-15-5-6-15)22-18-12-24-11-14(18)9-13-7-8-20-17-4-2-1-3-16(13)17/h1-4,7-8,14-15,18,21H,5-6,9-12H2,(H,22,23)/t14-,18+/m1/s1. The molecular formula is C19H23N3O2. The van der Waals surface area contributed by atoms with Gasteiger partial charge in [0.15, 0.2) is 0 Å². The van der Waals surface area contributed by atoms with Gasteiger partial charge in [-0.2, -0.15) is 0 Å². The number of para-hydroxylation sites is 1. The zero-order valence-corrected chi connectivity index (χ0v) is 13.7. The second-order valence-electron chi connectivity index (χ2n) is 6.82. The predicted molar refractivity (Wildman–Crippen MR) is 92.7 cm³/mol. The Labute approximate surface area is 141 Å². The van der Waals surface area contributed by atoms with Crippen LogP contribution in [0.5, 0.6) is 0 Å². The monoisotopic (exact) mass is 325 g/mol. The zero-order chi connectivity index (χ0) is 16.4. The van der Waals surface area contributed by atoms with Gasteiger partial charge in [-0.25, -0.2) is 0 Å². The summed E-state index contributed by atoms with van der Waals surface area (Å²) in [6, 6.07) is 10.9. The Morgan fingerprint density at radius 1 is 1.21 bits per heavy atom. The fourth-order valence-corrected chi connectivity index (χ4v) is 3.36. The fraction of sp³-hybridized carbons (Fsp3) is 0.474. The van der Waals surface area contributed by atoms with Gasteiger partial charge >= 0.3 is 0 Å². The molecule has 4 rings (SSSR count). The summed E-state index contributed by atoms with van der Waals surface area (Å²) in [4.78, 5) is 16.5.